The molecule has 0 spiro atoms. The minimum atomic E-state index is 0.571. The normalized spacial score (nSPS) is 21.9. The Kier molecular flexibility index (Phi) is 4.76. The number of nitrogens with two attached hydrogens (primary N) is 1. The first kappa shape index (κ1) is 14.8. The molecule has 1 fully saturated rings. The van der Waals surface area contributed by atoms with Crippen LogP contribution in [0.4, 0.5) is 5.82 Å². The molecule has 0 amide bonds. The Hall–Kier alpha value is -1.13. The summed E-state index contributed by atoms with van der Waals surface area (Å²) in [5.41, 5.74) is 9.86. The van der Waals surface area contributed by atoms with Crippen LogP contribution in [0.5, 0.6) is 0 Å². The number of anilines is 1. The van der Waals surface area contributed by atoms with Crippen molar-refractivity contribution >= 4 is 5.82 Å². The van der Waals surface area contributed by atoms with E-state index in [2.05, 4.69) is 18.0 Å². The van der Waals surface area contributed by atoms with Crippen molar-refractivity contribution in [2.24, 2.45) is 11.7 Å². The smallest absolute Gasteiger partial charge is 0.133 e. The van der Waals surface area contributed by atoms with Gasteiger partial charge in [-0.3, -0.25) is 0 Å². The third-order valence-corrected chi connectivity index (χ3v) is 4.73. The quantitative estimate of drug-likeness (QED) is 0.924. The molecule has 4 heteroatoms. The van der Waals surface area contributed by atoms with Gasteiger partial charge < -0.3 is 15.4 Å². The molecule has 1 aliphatic carbocycles. The van der Waals surface area contributed by atoms with Gasteiger partial charge >= 0.3 is 0 Å². The minimum Gasteiger partial charge on any atom is -0.381 e. The van der Waals surface area contributed by atoms with Gasteiger partial charge in [0.25, 0.3) is 0 Å². The summed E-state index contributed by atoms with van der Waals surface area (Å²) in [5, 5.41) is 0. The third kappa shape index (κ3) is 3.38. The summed E-state index contributed by atoms with van der Waals surface area (Å²) in [6, 6.07) is 2.30. The summed E-state index contributed by atoms with van der Waals surface area (Å²) < 4.78 is 5.59. The van der Waals surface area contributed by atoms with Crippen LogP contribution in [0.3, 0.4) is 0 Å². The first-order valence-electron chi connectivity index (χ1n) is 8.28. The number of ether oxygens (including phenoxy) is 1. The number of fused-ring (bicyclic) bond motifs is 1. The average molecular weight is 289 g/mol. The zero-order valence-corrected chi connectivity index (χ0v) is 13.1. The molecule has 1 aromatic heterocycles. The molecule has 0 aromatic carbocycles. The third-order valence-electron chi connectivity index (χ3n) is 4.73. The molecule has 2 heterocycles. The van der Waals surface area contributed by atoms with Crippen LogP contribution in [0, 0.1) is 5.92 Å². The van der Waals surface area contributed by atoms with E-state index < -0.39 is 0 Å². The van der Waals surface area contributed by atoms with Gasteiger partial charge in [-0.2, -0.15) is 0 Å². The average Bonchev–Trinajstić information content (AvgIpc) is 2.54. The number of rotatable bonds is 4. The predicted molar refractivity (Wildman–Crippen MR) is 85.6 cm³/mol. The van der Waals surface area contributed by atoms with Gasteiger partial charge in [-0.15, -0.1) is 0 Å². The fraction of sp³-hybridized carbons (Fsp3) is 0.706. The summed E-state index contributed by atoms with van der Waals surface area (Å²) in [7, 11) is 2.14. The number of pyridine rings is 1. The molecule has 21 heavy (non-hydrogen) atoms. The highest BCUT2D eigenvalue weighted by Crippen LogP contribution is 2.27. The van der Waals surface area contributed by atoms with Crippen molar-refractivity contribution in [2.45, 2.75) is 45.1 Å². The monoisotopic (exact) mass is 289 g/mol. The molecule has 2 N–H and O–H groups in total. The largest absolute Gasteiger partial charge is 0.381 e. The number of aromatic nitrogens is 1. The van der Waals surface area contributed by atoms with E-state index in [1.165, 1.54) is 42.5 Å². The molecule has 0 saturated carbocycles. The molecule has 1 aliphatic heterocycles. The van der Waals surface area contributed by atoms with Crippen LogP contribution in [0.2, 0.25) is 0 Å². The van der Waals surface area contributed by atoms with Crippen molar-refractivity contribution in [1.29, 1.82) is 0 Å². The van der Waals surface area contributed by atoms with Gasteiger partial charge in [0.15, 0.2) is 0 Å². The highest BCUT2D eigenvalue weighted by atomic mass is 16.5. The van der Waals surface area contributed by atoms with Gasteiger partial charge in [-0.25, -0.2) is 4.98 Å². The molecule has 3 rings (SSSR count). The molecule has 116 valence electrons. The summed E-state index contributed by atoms with van der Waals surface area (Å²) in [6.45, 7) is 3.39. The standard InChI is InChI=1S/C17H27N3O/c1-20(11-13-5-4-8-21-12-13)17-15(10-18)9-14-6-2-3-7-16(14)19-17/h9,13H,2-8,10-12,18H2,1H3. The molecular formula is C17H27N3O. The zero-order chi connectivity index (χ0) is 14.7. The summed E-state index contributed by atoms with van der Waals surface area (Å²) in [5.74, 6) is 1.70. The number of hydrogen-bond acceptors (Lipinski definition) is 4. The topological polar surface area (TPSA) is 51.4 Å². The Morgan fingerprint density at radius 1 is 1.33 bits per heavy atom. The van der Waals surface area contributed by atoms with E-state index in [-0.39, 0.29) is 0 Å². The Labute approximate surface area is 127 Å². The van der Waals surface area contributed by atoms with Crippen molar-refractivity contribution in [1.82, 2.24) is 4.98 Å². The van der Waals surface area contributed by atoms with E-state index in [1.807, 2.05) is 0 Å². The van der Waals surface area contributed by atoms with Crippen molar-refractivity contribution in [3.05, 3.63) is 22.9 Å². The molecule has 1 aromatic rings. The lowest BCUT2D eigenvalue weighted by Crippen LogP contribution is -2.32. The molecule has 1 unspecified atom stereocenters. The van der Waals surface area contributed by atoms with Gasteiger partial charge in [-0.1, -0.05) is 0 Å². The second-order valence-corrected chi connectivity index (χ2v) is 6.45. The van der Waals surface area contributed by atoms with E-state index in [9.17, 15) is 0 Å². The summed E-state index contributed by atoms with van der Waals surface area (Å²) in [4.78, 5) is 7.24. The highest BCUT2D eigenvalue weighted by molar-refractivity contribution is 5.50. The second kappa shape index (κ2) is 6.75. The molecule has 1 atom stereocenters. The molecular weight excluding hydrogens is 262 g/mol. The van der Waals surface area contributed by atoms with E-state index in [4.69, 9.17) is 15.5 Å². The van der Waals surface area contributed by atoms with Crippen LogP contribution in [-0.2, 0) is 24.1 Å². The maximum Gasteiger partial charge on any atom is 0.133 e. The van der Waals surface area contributed by atoms with Crippen LogP contribution in [-0.4, -0.2) is 31.8 Å². The Balaban J connectivity index is 1.78. The van der Waals surface area contributed by atoms with Crippen LogP contribution in [0.1, 0.15) is 42.5 Å². The lowest BCUT2D eigenvalue weighted by Gasteiger charge is -2.30. The summed E-state index contributed by atoms with van der Waals surface area (Å²) in [6.07, 6.45) is 7.27. The van der Waals surface area contributed by atoms with E-state index in [0.29, 0.717) is 12.5 Å². The maximum atomic E-state index is 5.96. The van der Waals surface area contributed by atoms with Gasteiger partial charge in [-0.05, 0) is 56.1 Å². The first-order chi connectivity index (χ1) is 10.3. The maximum absolute atomic E-state index is 5.96. The summed E-state index contributed by atoms with van der Waals surface area (Å²) >= 11 is 0. The highest BCUT2D eigenvalue weighted by Gasteiger charge is 2.20. The fourth-order valence-corrected chi connectivity index (χ4v) is 3.58. The molecule has 0 radical (unpaired) electrons. The SMILES string of the molecule is CN(CC1CCCOC1)c1nc2c(cc1CN)CCCC2. The van der Waals surface area contributed by atoms with E-state index in [0.717, 1.165) is 38.4 Å². The first-order valence-corrected chi connectivity index (χ1v) is 8.28. The zero-order valence-electron chi connectivity index (χ0n) is 13.1. The van der Waals surface area contributed by atoms with Crippen LogP contribution in [0.15, 0.2) is 6.07 Å². The van der Waals surface area contributed by atoms with Crippen LogP contribution < -0.4 is 10.6 Å². The number of aryl methyl sites for hydroxylation is 2. The Morgan fingerprint density at radius 3 is 2.95 bits per heavy atom. The Morgan fingerprint density at radius 2 is 2.19 bits per heavy atom. The second-order valence-electron chi connectivity index (χ2n) is 6.45. The van der Waals surface area contributed by atoms with Gasteiger partial charge in [0.1, 0.15) is 5.82 Å². The van der Waals surface area contributed by atoms with E-state index >= 15 is 0 Å². The fourth-order valence-electron chi connectivity index (χ4n) is 3.58. The van der Waals surface area contributed by atoms with Crippen molar-refractivity contribution in [3.63, 3.8) is 0 Å². The van der Waals surface area contributed by atoms with Crippen molar-refractivity contribution < 1.29 is 4.74 Å². The van der Waals surface area contributed by atoms with Crippen molar-refractivity contribution in [2.75, 3.05) is 31.7 Å². The number of hydrogen-bond donors (Lipinski definition) is 1. The van der Waals surface area contributed by atoms with Crippen molar-refractivity contribution in [3.8, 4) is 0 Å². The van der Waals surface area contributed by atoms with Crippen LogP contribution in [0.25, 0.3) is 0 Å². The van der Waals surface area contributed by atoms with Gasteiger partial charge in [0.05, 0.1) is 6.61 Å². The lowest BCUT2D eigenvalue weighted by atomic mass is 9.94. The van der Waals surface area contributed by atoms with Crippen LogP contribution >= 0.6 is 0 Å². The lowest BCUT2D eigenvalue weighted by molar-refractivity contribution is 0.0576. The molecule has 1 saturated heterocycles. The van der Waals surface area contributed by atoms with Gasteiger partial charge in [0.2, 0.25) is 0 Å². The minimum absolute atomic E-state index is 0.571. The van der Waals surface area contributed by atoms with Gasteiger partial charge in [0, 0.05) is 38.0 Å². The van der Waals surface area contributed by atoms with E-state index in [1.54, 1.807) is 0 Å². The molecule has 4 nitrogen and oxygen atoms in total. The predicted octanol–water partition coefficient (Wildman–Crippen LogP) is 2.28. The number of nitrogens with zero attached hydrogens (tertiary/aromatic N) is 2. The molecule has 0 bridgehead atoms. The molecule has 2 aliphatic rings. The Bertz CT molecular complexity index is 483.